The zero-order valence-corrected chi connectivity index (χ0v) is 17.4. The number of hydrogen-bond donors (Lipinski definition) is 2. The van der Waals surface area contributed by atoms with E-state index in [9.17, 15) is 4.79 Å². The third-order valence-electron chi connectivity index (χ3n) is 4.72. The first-order chi connectivity index (χ1) is 12.5. The van der Waals surface area contributed by atoms with Gasteiger partial charge < -0.3 is 20.3 Å². The Morgan fingerprint density at radius 3 is 2.46 bits per heavy atom. The van der Waals surface area contributed by atoms with E-state index in [4.69, 9.17) is 4.74 Å². The molecule has 2 N–H and O–H groups in total. The highest BCUT2D eigenvalue weighted by Crippen LogP contribution is 2.38. The minimum atomic E-state index is -0.310. The summed E-state index contributed by atoms with van der Waals surface area (Å²) >= 11 is 3.41. The smallest absolute Gasteiger partial charge is 0.230 e. The van der Waals surface area contributed by atoms with Crippen molar-refractivity contribution in [1.82, 2.24) is 15.5 Å². The largest absolute Gasteiger partial charge is 0.492 e. The molecule has 0 unspecified atom stereocenters. The molecule has 0 radical (unpaired) electrons. The zero-order valence-electron chi connectivity index (χ0n) is 15.8. The van der Waals surface area contributed by atoms with Gasteiger partial charge in [-0.3, -0.25) is 9.79 Å². The lowest BCUT2D eigenvalue weighted by Gasteiger charge is -2.31. The summed E-state index contributed by atoms with van der Waals surface area (Å²) in [6.07, 6.45) is 4.07. The third-order valence-corrected chi connectivity index (χ3v) is 5.24. The molecule has 1 amide bonds. The first kappa shape index (κ1) is 20.6. The number of halogens is 1. The highest BCUT2D eigenvalue weighted by molar-refractivity contribution is 9.10. The number of guanidine groups is 1. The molecule has 0 aromatic heterocycles. The molecule has 0 saturated heterocycles. The summed E-state index contributed by atoms with van der Waals surface area (Å²) in [5.74, 6) is 1.73. The van der Waals surface area contributed by atoms with E-state index in [1.807, 2.05) is 38.4 Å². The maximum Gasteiger partial charge on any atom is 0.230 e. The van der Waals surface area contributed by atoms with Gasteiger partial charge in [-0.2, -0.15) is 0 Å². The minimum Gasteiger partial charge on any atom is -0.492 e. The molecule has 1 saturated carbocycles. The number of hydrogen-bond acceptors (Lipinski definition) is 3. The summed E-state index contributed by atoms with van der Waals surface area (Å²) in [6, 6.07) is 7.75. The highest BCUT2D eigenvalue weighted by atomic mass is 79.9. The van der Waals surface area contributed by atoms with Crippen molar-refractivity contribution in [2.45, 2.75) is 25.7 Å². The average molecular weight is 425 g/mol. The third kappa shape index (κ3) is 5.62. The van der Waals surface area contributed by atoms with Crippen molar-refractivity contribution in [3.8, 4) is 5.75 Å². The molecule has 0 bridgehead atoms. The monoisotopic (exact) mass is 424 g/mol. The molecule has 0 spiro atoms. The fraction of sp³-hybridized carbons (Fsp3) is 0.579. The summed E-state index contributed by atoms with van der Waals surface area (Å²) < 4.78 is 6.72. The van der Waals surface area contributed by atoms with Crippen LogP contribution in [0.15, 0.2) is 33.7 Å². The van der Waals surface area contributed by atoms with Crippen LogP contribution in [0.2, 0.25) is 0 Å². The fourth-order valence-corrected chi connectivity index (χ4v) is 3.60. The number of amides is 1. The van der Waals surface area contributed by atoms with Crippen LogP contribution in [0, 0.1) is 5.41 Å². The first-order valence-electron chi connectivity index (χ1n) is 9.01. The van der Waals surface area contributed by atoms with Gasteiger partial charge >= 0.3 is 0 Å². The second-order valence-corrected chi connectivity index (χ2v) is 7.76. The normalized spacial score (nSPS) is 16.2. The van der Waals surface area contributed by atoms with E-state index in [1.165, 1.54) is 0 Å². The molecule has 0 atom stereocenters. The van der Waals surface area contributed by atoms with Crippen molar-refractivity contribution in [2.24, 2.45) is 10.4 Å². The van der Waals surface area contributed by atoms with Gasteiger partial charge in [0.05, 0.1) is 12.0 Å². The molecule has 1 aromatic rings. The molecule has 144 valence electrons. The van der Waals surface area contributed by atoms with E-state index in [2.05, 4.69) is 31.6 Å². The number of rotatable bonds is 7. The lowest BCUT2D eigenvalue weighted by Crippen LogP contribution is -2.49. The van der Waals surface area contributed by atoms with E-state index in [1.54, 1.807) is 11.9 Å². The second-order valence-electron chi connectivity index (χ2n) is 6.84. The van der Waals surface area contributed by atoms with Gasteiger partial charge in [0.15, 0.2) is 5.96 Å². The van der Waals surface area contributed by atoms with Crippen LogP contribution in [-0.2, 0) is 4.79 Å². The molecule has 26 heavy (non-hydrogen) atoms. The lowest BCUT2D eigenvalue weighted by molar-refractivity contribution is -0.138. The number of carbonyl (C=O) groups is 1. The number of nitrogens with zero attached hydrogens (tertiary/aromatic N) is 2. The standard InChI is InChI=1S/C19H29BrN4O2/c1-21-18(22-12-13-26-16-8-6-15(20)7-9-16)23-14-19(10-4-5-11-19)17(25)24(2)3/h6-9H,4-5,10-14H2,1-3H3,(H2,21,22,23). The van der Waals surface area contributed by atoms with Crippen molar-refractivity contribution in [2.75, 3.05) is 40.8 Å². The van der Waals surface area contributed by atoms with Gasteiger partial charge in [-0.1, -0.05) is 28.8 Å². The predicted octanol–water partition coefficient (Wildman–Crippen LogP) is 2.64. The van der Waals surface area contributed by atoms with Gasteiger partial charge in [0.2, 0.25) is 5.91 Å². The summed E-state index contributed by atoms with van der Waals surface area (Å²) in [5.41, 5.74) is -0.310. The zero-order chi connectivity index (χ0) is 19.0. The quantitative estimate of drug-likeness (QED) is 0.401. The molecule has 0 heterocycles. The van der Waals surface area contributed by atoms with Crippen LogP contribution in [0.25, 0.3) is 0 Å². The van der Waals surface area contributed by atoms with E-state index in [-0.39, 0.29) is 11.3 Å². The SMILES string of the molecule is CN=C(NCCOc1ccc(Br)cc1)NCC1(C(=O)N(C)C)CCCC1. The molecule has 1 aromatic carbocycles. The van der Waals surface area contributed by atoms with Crippen molar-refractivity contribution in [3.05, 3.63) is 28.7 Å². The lowest BCUT2D eigenvalue weighted by atomic mass is 9.84. The first-order valence-corrected chi connectivity index (χ1v) is 9.81. The van der Waals surface area contributed by atoms with Crippen LogP contribution in [0.5, 0.6) is 5.75 Å². The predicted molar refractivity (Wildman–Crippen MR) is 109 cm³/mol. The van der Waals surface area contributed by atoms with Crippen molar-refractivity contribution < 1.29 is 9.53 Å². The second kappa shape index (κ2) is 9.80. The molecule has 1 aliphatic carbocycles. The summed E-state index contributed by atoms with van der Waals surface area (Å²) in [7, 11) is 5.39. The fourth-order valence-electron chi connectivity index (χ4n) is 3.34. The van der Waals surface area contributed by atoms with Gasteiger partial charge in [-0.15, -0.1) is 0 Å². The van der Waals surface area contributed by atoms with Gasteiger partial charge in [-0.05, 0) is 37.1 Å². The van der Waals surface area contributed by atoms with Crippen molar-refractivity contribution >= 4 is 27.8 Å². The summed E-state index contributed by atoms with van der Waals surface area (Å²) in [5, 5.41) is 6.56. The topological polar surface area (TPSA) is 66.0 Å². The van der Waals surface area contributed by atoms with Crippen molar-refractivity contribution in [3.63, 3.8) is 0 Å². The van der Waals surface area contributed by atoms with Crippen LogP contribution in [0.4, 0.5) is 0 Å². The highest BCUT2D eigenvalue weighted by Gasteiger charge is 2.42. The van der Waals surface area contributed by atoms with Crippen LogP contribution in [0.1, 0.15) is 25.7 Å². The molecule has 6 nitrogen and oxygen atoms in total. The van der Waals surface area contributed by atoms with Gasteiger partial charge in [0, 0.05) is 32.2 Å². The number of carbonyl (C=O) groups excluding carboxylic acids is 1. The maximum absolute atomic E-state index is 12.6. The molecule has 2 rings (SSSR count). The van der Waals surface area contributed by atoms with Gasteiger partial charge in [0.25, 0.3) is 0 Å². The number of benzene rings is 1. The Morgan fingerprint density at radius 2 is 1.88 bits per heavy atom. The number of nitrogens with one attached hydrogen (secondary N) is 2. The Bertz CT molecular complexity index is 610. The molecular formula is C19H29BrN4O2. The Kier molecular flexibility index (Phi) is 7.75. The van der Waals surface area contributed by atoms with Crippen LogP contribution in [-0.4, -0.2) is 57.6 Å². The van der Waals surface area contributed by atoms with E-state index >= 15 is 0 Å². The van der Waals surface area contributed by atoms with E-state index in [0.29, 0.717) is 25.7 Å². The van der Waals surface area contributed by atoms with Crippen LogP contribution >= 0.6 is 15.9 Å². The maximum atomic E-state index is 12.6. The van der Waals surface area contributed by atoms with E-state index < -0.39 is 0 Å². The molecule has 1 fully saturated rings. The molecule has 7 heteroatoms. The average Bonchev–Trinajstić information content (AvgIpc) is 3.12. The van der Waals surface area contributed by atoms with Gasteiger partial charge in [-0.25, -0.2) is 0 Å². The van der Waals surface area contributed by atoms with Gasteiger partial charge in [0.1, 0.15) is 12.4 Å². The summed E-state index contributed by atoms with van der Waals surface area (Å²) in [4.78, 5) is 18.6. The molecular weight excluding hydrogens is 396 g/mol. The number of ether oxygens (including phenoxy) is 1. The Hall–Kier alpha value is -1.76. The van der Waals surface area contributed by atoms with Crippen molar-refractivity contribution in [1.29, 1.82) is 0 Å². The van der Waals surface area contributed by atoms with E-state index in [0.717, 1.165) is 35.9 Å². The Morgan fingerprint density at radius 1 is 1.23 bits per heavy atom. The summed E-state index contributed by atoms with van der Waals surface area (Å²) in [6.45, 7) is 1.77. The van der Waals surface area contributed by atoms with Crippen LogP contribution < -0.4 is 15.4 Å². The Labute approximate surface area is 164 Å². The Balaban J connectivity index is 1.78. The number of aliphatic imine (C=N–C) groups is 1. The molecule has 1 aliphatic rings. The molecule has 0 aliphatic heterocycles. The van der Waals surface area contributed by atoms with Crippen LogP contribution in [0.3, 0.4) is 0 Å². The minimum absolute atomic E-state index is 0.205.